The van der Waals surface area contributed by atoms with E-state index in [1.165, 1.54) is 12.0 Å². The molecule has 1 atom stereocenters. The number of hydrogen-bond donors (Lipinski definition) is 1. The first kappa shape index (κ1) is 14.0. The lowest BCUT2D eigenvalue weighted by Gasteiger charge is -2.28. The largest absolute Gasteiger partial charge is 0.357 e. The van der Waals surface area contributed by atoms with Gasteiger partial charge < -0.3 is 10.6 Å². The Hall–Kier alpha value is -1.09. The Morgan fingerprint density at radius 2 is 2.00 bits per heavy atom. The normalized spacial score (nSPS) is 12.9. The molecule has 0 saturated carbocycles. The number of nitrogens with zero attached hydrogens (tertiary/aromatic N) is 2. The molecule has 3 nitrogen and oxygen atoms in total. The van der Waals surface area contributed by atoms with Crippen molar-refractivity contribution in [3.8, 4) is 0 Å². The minimum Gasteiger partial charge on any atom is -0.357 e. The van der Waals surface area contributed by atoms with E-state index in [0.717, 1.165) is 11.4 Å². The summed E-state index contributed by atoms with van der Waals surface area (Å²) in [5.74, 6) is 1.77. The molecule has 1 unspecified atom stereocenters. The molecule has 0 spiro atoms. The van der Waals surface area contributed by atoms with Crippen LogP contribution < -0.4 is 10.6 Å². The van der Waals surface area contributed by atoms with Crippen LogP contribution >= 0.6 is 0 Å². The molecule has 17 heavy (non-hydrogen) atoms. The predicted octanol–water partition coefficient (Wildman–Crippen LogP) is 2.72. The van der Waals surface area contributed by atoms with Gasteiger partial charge in [-0.15, -0.1) is 0 Å². The number of nitrogens with two attached hydrogens (primary N) is 1. The van der Waals surface area contributed by atoms with Crippen LogP contribution in [0.15, 0.2) is 12.3 Å². The Labute approximate surface area is 105 Å². The highest BCUT2D eigenvalue weighted by Crippen LogP contribution is 2.21. The van der Waals surface area contributed by atoms with Gasteiger partial charge in [0, 0.05) is 25.8 Å². The second-order valence-corrected chi connectivity index (χ2v) is 5.28. The third kappa shape index (κ3) is 3.70. The monoisotopic (exact) mass is 235 g/mol. The van der Waals surface area contributed by atoms with Crippen molar-refractivity contribution >= 4 is 5.82 Å². The van der Waals surface area contributed by atoms with Crippen LogP contribution in [-0.4, -0.2) is 18.1 Å². The summed E-state index contributed by atoms with van der Waals surface area (Å²) < 4.78 is 0. The number of aromatic nitrogens is 1. The second kappa shape index (κ2) is 6.01. The first-order valence-corrected chi connectivity index (χ1v) is 6.34. The molecule has 0 amide bonds. The van der Waals surface area contributed by atoms with Gasteiger partial charge in [0.2, 0.25) is 0 Å². The fourth-order valence-corrected chi connectivity index (χ4v) is 2.16. The van der Waals surface area contributed by atoms with Crippen molar-refractivity contribution in [1.29, 1.82) is 0 Å². The molecule has 2 N–H and O–H groups in total. The first-order chi connectivity index (χ1) is 7.95. The molecule has 96 valence electrons. The van der Waals surface area contributed by atoms with Crippen molar-refractivity contribution in [2.75, 3.05) is 11.9 Å². The van der Waals surface area contributed by atoms with Gasteiger partial charge in [-0.05, 0) is 43.4 Å². The number of hydrogen-bond acceptors (Lipinski definition) is 3. The average Bonchev–Trinajstić information content (AvgIpc) is 2.27. The highest BCUT2D eigenvalue weighted by atomic mass is 15.2. The SMILES string of the molecule is Cc1cc(CN)cnc1N(C)C(C)CC(C)C. The molecule has 0 aromatic carbocycles. The predicted molar refractivity (Wildman–Crippen MR) is 74.2 cm³/mol. The molecular formula is C14H25N3. The second-order valence-electron chi connectivity index (χ2n) is 5.28. The van der Waals surface area contributed by atoms with Crippen LogP contribution in [-0.2, 0) is 6.54 Å². The van der Waals surface area contributed by atoms with Crippen molar-refractivity contribution in [1.82, 2.24) is 4.98 Å². The molecule has 1 aromatic heterocycles. The minimum atomic E-state index is 0.505. The van der Waals surface area contributed by atoms with E-state index in [4.69, 9.17) is 5.73 Å². The zero-order valence-electron chi connectivity index (χ0n) is 11.7. The molecular weight excluding hydrogens is 210 g/mol. The minimum absolute atomic E-state index is 0.505. The highest BCUT2D eigenvalue weighted by molar-refractivity contribution is 5.47. The number of anilines is 1. The van der Waals surface area contributed by atoms with E-state index >= 15 is 0 Å². The van der Waals surface area contributed by atoms with Gasteiger partial charge in [0.1, 0.15) is 5.82 Å². The summed E-state index contributed by atoms with van der Waals surface area (Å²) in [5, 5.41) is 0. The van der Waals surface area contributed by atoms with Gasteiger partial charge >= 0.3 is 0 Å². The molecule has 1 rings (SSSR count). The van der Waals surface area contributed by atoms with E-state index in [0.29, 0.717) is 18.5 Å². The summed E-state index contributed by atoms with van der Waals surface area (Å²) in [6.45, 7) is 9.40. The topological polar surface area (TPSA) is 42.1 Å². The van der Waals surface area contributed by atoms with Crippen LogP contribution in [0.2, 0.25) is 0 Å². The molecule has 1 heterocycles. The lowest BCUT2D eigenvalue weighted by Crippen LogP contribution is -2.31. The van der Waals surface area contributed by atoms with Gasteiger partial charge in [0.05, 0.1) is 0 Å². The third-order valence-corrected chi connectivity index (χ3v) is 3.15. The van der Waals surface area contributed by atoms with E-state index in [2.05, 4.69) is 50.7 Å². The lowest BCUT2D eigenvalue weighted by atomic mass is 10.0. The maximum absolute atomic E-state index is 5.62. The van der Waals surface area contributed by atoms with Gasteiger partial charge in [-0.3, -0.25) is 0 Å². The molecule has 1 aromatic rings. The quantitative estimate of drug-likeness (QED) is 0.853. The zero-order chi connectivity index (χ0) is 13.0. The van der Waals surface area contributed by atoms with Crippen LogP contribution in [0.5, 0.6) is 0 Å². The molecule has 0 saturated heterocycles. The van der Waals surface area contributed by atoms with Crippen molar-refractivity contribution in [2.45, 2.75) is 46.7 Å². The third-order valence-electron chi connectivity index (χ3n) is 3.15. The Balaban J connectivity index is 2.84. The Kier molecular flexibility index (Phi) is 4.94. The standard InChI is InChI=1S/C14H25N3/c1-10(2)6-12(4)17(5)14-11(3)7-13(8-15)9-16-14/h7,9-10,12H,6,8,15H2,1-5H3. The molecule has 0 radical (unpaired) electrons. The van der Waals surface area contributed by atoms with Gasteiger partial charge in [0.15, 0.2) is 0 Å². The van der Waals surface area contributed by atoms with E-state index in [-0.39, 0.29) is 0 Å². The average molecular weight is 235 g/mol. The van der Waals surface area contributed by atoms with Crippen LogP contribution in [0.1, 0.15) is 38.3 Å². The van der Waals surface area contributed by atoms with Crippen LogP contribution in [0.25, 0.3) is 0 Å². The molecule has 0 fully saturated rings. The van der Waals surface area contributed by atoms with E-state index in [1.807, 2.05) is 6.20 Å². The molecule has 0 bridgehead atoms. The molecule has 0 aliphatic rings. The zero-order valence-corrected chi connectivity index (χ0v) is 11.7. The van der Waals surface area contributed by atoms with E-state index in [1.54, 1.807) is 0 Å². The summed E-state index contributed by atoms with van der Waals surface area (Å²) in [5.41, 5.74) is 7.91. The Morgan fingerprint density at radius 3 is 2.47 bits per heavy atom. The van der Waals surface area contributed by atoms with Gasteiger partial charge in [-0.1, -0.05) is 13.8 Å². The summed E-state index contributed by atoms with van der Waals surface area (Å²) in [4.78, 5) is 6.78. The highest BCUT2D eigenvalue weighted by Gasteiger charge is 2.14. The number of rotatable bonds is 5. The number of pyridine rings is 1. The van der Waals surface area contributed by atoms with Crippen molar-refractivity contribution in [3.05, 3.63) is 23.4 Å². The summed E-state index contributed by atoms with van der Waals surface area (Å²) in [7, 11) is 2.12. The molecule has 0 aliphatic carbocycles. The molecule has 3 heteroatoms. The smallest absolute Gasteiger partial charge is 0.131 e. The summed E-state index contributed by atoms with van der Waals surface area (Å²) in [6, 6.07) is 2.63. The lowest BCUT2D eigenvalue weighted by molar-refractivity contribution is 0.501. The van der Waals surface area contributed by atoms with Crippen molar-refractivity contribution < 1.29 is 0 Å². The maximum atomic E-state index is 5.62. The molecule has 0 aliphatic heterocycles. The van der Waals surface area contributed by atoms with Gasteiger partial charge in [0.25, 0.3) is 0 Å². The number of aryl methyl sites for hydroxylation is 1. The maximum Gasteiger partial charge on any atom is 0.131 e. The Morgan fingerprint density at radius 1 is 1.35 bits per heavy atom. The van der Waals surface area contributed by atoms with E-state index in [9.17, 15) is 0 Å². The fourth-order valence-electron chi connectivity index (χ4n) is 2.16. The van der Waals surface area contributed by atoms with E-state index < -0.39 is 0 Å². The van der Waals surface area contributed by atoms with Crippen LogP contribution in [0.4, 0.5) is 5.82 Å². The van der Waals surface area contributed by atoms with Gasteiger partial charge in [-0.2, -0.15) is 0 Å². The first-order valence-electron chi connectivity index (χ1n) is 6.34. The summed E-state index contributed by atoms with van der Waals surface area (Å²) >= 11 is 0. The van der Waals surface area contributed by atoms with Crippen LogP contribution in [0.3, 0.4) is 0 Å². The van der Waals surface area contributed by atoms with Crippen molar-refractivity contribution in [2.24, 2.45) is 11.7 Å². The Bertz CT molecular complexity index is 360. The van der Waals surface area contributed by atoms with Gasteiger partial charge in [-0.25, -0.2) is 4.98 Å². The fraction of sp³-hybridized carbons (Fsp3) is 0.643. The van der Waals surface area contributed by atoms with Crippen molar-refractivity contribution in [3.63, 3.8) is 0 Å². The van der Waals surface area contributed by atoms with Crippen LogP contribution in [0, 0.1) is 12.8 Å². The summed E-state index contributed by atoms with van der Waals surface area (Å²) in [6.07, 6.45) is 3.05.